The molecule has 1 N–H and O–H groups in total. The minimum absolute atomic E-state index is 0.0509. The zero-order chi connectivity index (χ0) is 16.1. The van der Waals surface area contributed by atoms with Gasteiger partial charge < -0.3 is 10.1 Å². The second-order valence-electron chi connectivity index (χ2n) is 5.31. The van der Waals surface area contributed by atoms with E-state index in [2.05, 4.69) is 10.3 Å². The predicted molar refractivity (Wildman–Crippen MR) is 84.8 cm³/mol. The van der Waals surface area contributed by atoms with E-state index in [-0.39, 0.29) is 23.9 Å². The first-order chi connectivity index (χ1) is 10.5. The Morgan fingerprint density at radius 3 is 2.86 bits per heavy atom. The fourth-order valence-corrected chi connectivity index (χ4v) is 2.39. The van der Waals surface area contributed by atoms with Crippen LogP contribution in [0.15, 0.2) is 29.1 Å². The molecule has 1 amide bonds. The van der Waals surface area contributed by atoms with Gasteiger partial charge in [0.15, 0.2) is 0 Å². The maximum Gasteiger partial charge on any atom is 0.261 e. The van der Waals surface area contributed by atoms with Crippen LogP contribution in [0.2, 0.25) is 0 Å². The largest absolute Gasteiger partial charge is 0.383 e. The van der Waals surface area contributed by atoms with Gasteiger partial charge in [-0.1, -0.05) is 12.1 Å². The molecule has 0 fully saturated rings. The Morgan fingerprint density at radius 1 is 1.41 bits per heavy atom. The minimum atomic E-state index is -0.110. The molecule has 0 saturated carbocycles. The summed E-state index contributed by atoms with van der Waals surface area (Å²) in [5.74, 6) is 0.505. The second-order valence-corrected chi connectivity index (χ2v) is 5.31. The van der Waals surface area contributed by atoms with Gasteiger partial charge in [0.2, 0.25) is 5.91 Å². The number of ether oxygens (including phenoxy) is 1. The monoisotopic (exact) mass is 303 g/mol. The number of aromatic nitrogens is 2. The molecule has 0 unspecified atom stereocenters. The van der Waals surface area contributed by atoms with Crippen molar-refractivity contribution >= 4 is 16.8 Å². The molecular weight excluding hydrogens is 282 g/mol. The molecule has 6 nitrogen and oxygen atoms in total. The standard InChI is InChI=1S/C16H21N3O3/c1-11(10-22-3)17-15(20)8-9-19-12(2)18-14-7-5-4-6-13(14)16(19)21/h4-7,11H,8-10H2,1-3H3,(H,17,20)/t11-/m1/s1. The van der Waals surface area contributed by atoms with E-state index in [1.54, 1.807) is 24.7 Å². The third-order valence-electron chi connectivity index (χ3n) is 3.44. The first kappa shape index (κ1) is 16.2. The highest BCUT2D eigenvalue weighted by molar-refractivity contribution is 5.78. The molecule has 0 radical (unpaired) electrons. The molecule has 1 aromatic carbocycles. The van der Waals surface area contributed by atoms with Crippen LogP contribution in [0, 0.1) is 6.92 Å². The lowest BCUT2D eigenvalue weighted by atomic mass is 10.2. The number of nitrogens with one attached hydrogen (secondary N) is 1. The van der Waals surface area contributed by atoms with E-state index in [9.17, 15) is 9.59 Å². The minimum Gasteiger partial charge on any atom is -0.383 e. The smallest absolute Gasteiger partial charge is 0.261 e. The first-order valence-corrected chi connectivity index (χ1v) is 7.27. The van der Waals surface area contributed by atoms with Crippen LogP contribution in [-0.2, 0) is 16.1 Å². The quantitative estimate of drug-likeness (QED) is 0.871. The number of carbonyl (C=O) groups is 1. The Bertz CT molecular complexity index is 724. The summed E-state index contributed by atoms with van der Waals surface area (Å²) in [6, 6.07) is 7.17. The van der Waals surface area contributed by atoms with E-state index in [1.165, 1.54) is 0 Å². The summed E-state index contributed by atoms with van der Waals surface area (Å²) in [6.07, 6.45) is 0.231. The lowest BCUT2D eigenvalue weighted by molar-refractivity contribution is -0.122. The number of nitrogens with zero attached hydrogens (tertiary/aromatic N) is 2. The Balaban J connectivity index is 2.12. The number of carbonyl (C=O) groups excluding carboxylic acids is 1. The molecule has 6 heteroatoms. The van der Waals surface area contributed by atoms with Gasteiger partial charge in [-0.3, -0.25) is 14.2 Å². The van der Waals surface area contributed by atoms with Gasteiger partial charge in [0.25, 0.3) is 5.56 Å². The van der Waals surface area contributed by atoms with E-state index in [0.29, 0.717) is 29.9 Å². The third kappa shape index (κ3) is 3.71. The number of para-hydroxylation sites is 1. The molecular formula is C16H21N3O3. The number of amides is 1. The summed E-state index contributed by atoms with van der Waals surface area (Å²) < 4.78 is 6.52. The number of benzene rings is 1. The van der Waals surface area contributed by atoms with Crippen LogP contribution in [0.25, 0.3) is 10.9 Å². The molecule has 2 rings (SSSR count). The van der Waals surface area contributed by atoms with E-state index >= 15 is 0 Å². The van der Waals surface area contributed by atoms with Gasteiger partial charge in [-0.2, -0.15) is 0 Å². The maximum absolute atomic E-state index is 12.5. The number of methoxy groups -OCH3 is 1. The van der Waals surface area contributed by atoms with Gasteiger partial charge in [-0.05, 0) is 26.0 Å². The predicted octanol–water partition coefficient (Wildman–Crippen LogP) is 1.25. The number of rotatable bonds is 6. The van der Waals surface area contributed by atoms with Crippen molar-refractivity contribution in [1.82, 2.24) is 14.9 Å². The van der Waals surface area contributed by atoms with Crippen molar-refractivity contribution in [3.05, 3.63) is 40.4 Å². The van der Waals surface area contributed by atoms with E-state index in [1.807, 2.05) is 25.1 Å². The number of hydrogen-bond acceptors (Lipinski definition) is 4. The Hall–Kier alpha value is -2.21. The van der Waals surface area contributed by atoms with Gasteiger partial charge >= 0.3 is 0 Å². The normalized spacial score (nSPS) is 12.3. The fraction of sp³-hybridized carbons (Fsp3) is 0.438. The zero-order valence-electron chi connectivity index (χ0n) is 13.1. The van der Waals surface area contributed by atoms with Crippen molar-refractivity contribution in [2.45, 2.75) is 32.9 Å². The second kappa shape index (κ2) is 7.17. The van der Waals surface area contributed by atoms with Crippen LogP contribution in [0.4, 0.5) is 0 Å². The number of aryl methyl sites for hydroxylation is 1. The molecule has 1 heterocycles. The highest BCUT2D eigenvalue weighted by Crippen LogP contribution is 2.07. The molecule has 0 aliphatic carbocycles. The molecule has 1 atom stereocenters. The number of fused-ring (bicyclic) bond motifs is 1. The Labute approximate surface area is 129 Å². The maximum atomic E-state index is 12.5. The topological polar surface area (TPSA) is 73.2 Å². The molecule has 0 bridgehead atoms. The van der Waals surface area contributed by atoms with Gasteiger partial charge in [0, 0.05) is 26.1 Å². The Kier molecular flexibility index (Phi) is 5.27. The van der Waals surface area contributed by atoms with Crippen LogP contribution >= 0.6 is 0 Å². The summed E-state index contributed by atoms with van der Waals surface area (Å²) in [4.78, 5) is 28.8. The lowest BCUT2D eigenvalue weighted by Crippen LogP contribution is -2.36. The third-order valence-corrected chi connectivity index (χ3v) is 3.44. The number of hydrogen-bond donors (Lipinski definition) is 1. The van der Waals surface area contributed by atoms with Crippen molar-refractivity contribution in [2.75, 3.05) is 13.7 Å². The first-order valence-electron chi connectivity index (χ1n) is 7.27. The van der Waals surface area contributed by atoms with Crippen molar-refractivity contribution in [3.8, 4) is 0 Å². The molecule has 118 valence electrons. The van der Waals surface area contributed by atoms with Crippen molar-refractivity contribution in [1.29, 1.82) is 0 Å². The average molecular weight is 303 g/mol. The summed E-state index contributed by atoms with van der Waals surface area (Å²) in [6.45, 7) is 4.42. The van der Waals surface area contributed by atoms with Crippen molar-refractivity contribution in [3.63, 3.8) is 0 Å². The highest BCUT2D eigenvalue weighted by Gasteiger charge is 2.11. The molecule has 0 spiro atoms. The molecule has 0 aliphatic rings. The molecule has 22 heavy (non-hydrogen) atoms. The summed E-state index contributed by atoms with van der Waals surface area (Å²) in [5.41, 5.74) is 0.570. The van der Waals surface area contributed by atoms with Crippen LogP contribution in [0.5, 0.6) is 0 Å². The molecule has 0 saturated heterocycles. The van der Waals surface area contributed by atoms with Gasteiger partial charge in [0.1, 0.15) is 5.82 Å². The van der Waals surface area contributed by atoms with Crippen LogP contribution < -0.4 is 10.9 Å². The highest BCUT2D eigenvalue weighted by atomic mass is 16.5. The van der Waals surface area contributed by atoms with E-state index in [0.717, 1.165) is 0 Å². The van der Waals surface area contributed by atoms with E-state index in [4.69, 9.17) is 4.74 Å². The van der Waals surface area contributed by atoms with Crippen LogP contribution in [0.1, 0.15) is 19.2 Å². The fourth-order valence-electron chi connectivity index (χ4n) is 2.39. The molecule has 0 aliphatic heterocycles. The summed E-state index contributed by atoms with van der Waals surface area (Å²) in [7, 11) is 1.59. The van der Waals surface area contributed by atoms with Crippen LogP contribution in [0.3, 0.4) is 0 Å². The molecule has 1 aromatic heterocycles. The SMILES string of the molecule is COC[C@@H](C)NC(=O)CCn1c(C)nc2ccccc2c1=O. The average Bonchev–Trinajstić information content (AvgIpc) is 2.47. The molecule has 2 aromatic rings. The Morgan fingerprint density at radius 2 is 2.14 bits per heavy atom. The lowest BCUT2D eigenvalue weighted by Gasteiger charge is -2.14. The van der Waals surface area contributed by atoms with Gasteiger partial charge in [0.05, 0.1) is 17.5 Å². The van der Waals surface area contributed by atoms with Crippen LogP contribution in [-0.4, -0.2) is 35.2 Å². The van der Waals surface area contributed by atoms with Crippen molar-refractivity contribution in [2.24, 2.45) is 0 Å². The zero-order valence-corrected chi connectivity index (χ0v) is 13.1. The van der Waals surface area contributed by atoms with E-state index < -0.39 is 0 Å². The van der Waals surface area contributed by atoms with Gasteiger partial charge in [-0.25, -0.2) is 4.98 Å². The summed E-state index contributed by atoms with van der Waals surface area (Å²) >= 11 is 0. The summed E-state index contributed by atoms with van der Waals surface area (Å²) in [5, 5.41) is 3.40. The van der Waals surface area contributed by atoms with Gasteiger partial charge in [-0.15, -0.1) is 0 Å². The van der Waals surface area contributed by atoms with Crippen molar-refractivity contribution < 1.29 is 9.53 Å².